The van der Waals surface area contributed by atoms with Crippen molar-refractivity contribution in [2.75, 3.05) is 27.7 Å². The summed E-state index contributed by atoms with van der Waals surface area (Å²) in [6, 6.07) is 16.6. The molecule has 0 saturated carbocycles. The van der Waals surface area contributed by atoms with Crippen LogP contribution in [0, 0.1) is 0 Å². The molecule has 2 N–H and O–H groups in total. The van der Waals surface area contributed by atoms with Gasteiger partial charge in [0, 0.05) is 12.6 Å². The van der Waals surface area contributed by atoms with Crippen LogP contribution in [-0.2, 0) is 9.59 Å². The van der Waals surface area contributed by atoms with Crippen molar-refractivity contribution in [3.8, 4) is 5.75 Å². The van der Waals surface area contributed by atoms with Gasteiger partial charge in [-0.05, 0) is 50.4 Å². The molecule has 2 rings (SSSR count). The molecule has 0 unspecified atom stereocenters. The lowest BCUT2D eigenvalue weighted by molar-refractivity contribution is -0.126. The van der Waals surface area contributed by atoms with Crippen LogP contribution in [0.2, 0.25) is 0 Å². The quantitative estimate of drug-likeness (QED) is 0.641. The first-order valence-corrected chi connectivity index (χ1v) is 9.52. The molecule has 0 aromatic heterocycles. The maximum absolute atomic E-state index is 12.4. The van der Waals surface area contributed by atoms with Crippen LogP contribution in [0.1, 0.15) is 24.1 Å². The highest BCUT2D eigenvalue weighted by Crippen LogP contribution is 2.22. The minimum atomic E-state index is -0.643. The van der Waals surface area contributed by atoms with Gasteiger partial charge < -0.3 is 20.3 Å². The molecule has 2 aromatic carbocycles. The van der Waals surface area contributed by atoms with Crippen molar-refractivity contribution < 1.29 is 14.3 Å². The lowest BCUT2D eigenvalue weighted by Crippen LogP contribution is -2.46. The van der Waals surface area contributed by atoms with Crippen molar-refractivity contribution in [2.24, 2.45) is 0 Å². The first-order valence-electron chi connectivity index (χ1n) is 9.52. The van der Waals surface area contributed by atoms with Crippen LogP contribution in [0.3, 0.4) is 0 Å². The third kappa shape index (κ3) is 7.08. The molecule has 0 bridgehead atoms. The molecule has 29 heavy (non-hydrogen) atoms. The van der Waals surface area contributed by atoms with Crippen molar-refractivity contribution in [1.29, 1.82) is 0 Å². The average molecular weight is 396 g/mol. The van der Waals surface area contributed by atoms with Gasteiger partial charge >= 0.3 is 0 Å². The first kappa shape index (κ1) is 22.2. The van der Waals surface area contributed by atoms with E-state index < -0.39 is 6.04 Å². The van der Waals surface area contributed by atoms with Crippen LogP contribution >= 0.6 is 0 Å². The first-order chi connectivity index (χ1) is 13.9. The molecule has 6 heteroatoms. The molecule has 0 spiro atoms. The molecular weight excluding hydrogens is 366 g/mol. The molecule has 0 aliphatic carbocycles. The number of methoxy groups -OCH3 is 1. The second-order valence-electron chi connectivity index (χ2n) is 6.98. The Hall–Kier alpha value is -3.12. The number of nitrogens with one attached hydrogen (secondary N) is 2. The minimum absolute atomic E-state index is 0.0186. The van der Waals surface area contributed by atoms with Crippen molar-refractivity contribution >= 4 is 17.9 Å². The summed E-state index contributed by atoms with van der Waals surface area (Å²) in [5, 5.41) is 5.61. The number of carbonyl (C=O) groups excluding carboxylic acids is 2. The third-order valence-electron chi connectivity index (χ3n) is 4.55. The van der Waals surface area contributed by atoms with Gasteiger partial charge in [-0.1, -0.05) is 42.5 Å². The van der Waals surface area contributed by atoms with E-state index in [-0.39, 0.29) is 17.9 Å². The van der Waals surface area contributed by atoms with Gasteiger partial charge in [-0.15, -0.1) is 0 Å². The summed E-state index contributed by atoms with van der Waals surface area (Å²) in [6.45, 7) is 2.08. The highest BCUT2D eigenvalue weighted by molar-refractivity contribution is 5.95. The monoisotopic (exact) mass is 395 g/mol. The van der Waals surface area contributed by atoms with E-state index in [1.165, 1.54) is 6.08 Å². The third-order valence-corrected chi connectivity index (χ3v) is 4.55. The molecule has 0 aliphatic heterocycles. The van der Waals surface area contributed by atoms with Crippen molar-refractivity contribution in [1.82, 2.24) is 15.5 Å². The number of benzene rings is 2. The largest absolute Gasteiger partial charge is 0.497 e. The Morgan fingerprint density at radius 2 is 1.83 bits per heavy atom. The Morgan fingerprint density at radius 1 is 1.10 bits per heavy atom. The van der Waals surface area contributed by atoms with Crippen LogP contribution < -0.4 is 15.4 Å². The predicted molar refractivity (Wildman–Crippen MR) is 116 cm³/mol. The number of hydrogen-bond donors (Lipinski definition) is 2. The topological polar surface area (TPSA) is 70.7 Å². The minimum Gasteiger partial charge on any atom is -0.497 e. The van der Waals surface area contributed by atoms with Gasteiger partial charge in [-0.3, -0.25) is 9.59 Å². The zero-order chi connectivity index (χ0) is 21.2. The molecule has 154 valence electrons. The number of rotatable bonds is 9. The molecule has 0 heterocycles. The van der Waals surface area contributed by atoms with E-state index in [0.29, 0.717) is 6.54 Å². The molecule has 6 nitrogen and oxygen atoms in total. The van der Waals surface area contributed by atoms with Crippen LogP contribution in [-0.4, -0.2) is 50.5 Å². The lowest BCUT2D eigenvalue weighted by Gasteiger charge is -2.26. The number of carbonyl (C=O) groups is 2. The molecule has 0 saturated heterocycles. The summed E-state index contributed by atoms with van der Waals surface area (Å²) in [5.74, 6) is 0.223. The van der Waals surface area contributed by atoms with Crippen molar-refractivity contribution in [2.45, 2.75) is 19.0 Å². The van der Waals surface area contributed by atoms with Crippen molar-refractivity contribution in [3.63, 3.8) is 0 Å². The van der Waals surface area contributed by atoms with Crippen LogP contribution in [0.5, 0.6) is 5.75 Å². The van der Waals surface area contributed by atoms with Gasteiger partial charge in [0.25, 0.3) is 0 Å². The standard InChI is InChI=1S/C23H29N3O3/c1-17(25-22(27)14-13-18-9-6-5-7-10-18)23(28)24-16-21(26(2)3)19-11-8-12-20(15-19)29-4/h5-15,17,21H,16H2,1-4H3,(H,24,28)(H,25,27)/b14-13+/t17-,21+/m0/s1. The van der Waals surface area contributed by atoms with Gasteiger partial charge in [-0.25, -0.2) is 0 Å². The average Bonchev–Trinajstić information content (AvgIpc) is 2.73. The summed E-state index contributed by atoms with van der Waals surface area (Å²) in [7, 11) is 5.54. The Labute approximate surface area is 172 Å². The molecule has 0 fully saturated rings. The van der Waals surface area contributed by atoms with Crippen LogP contribution in [0.15, 0.2) is 60.7 Å². The predicted octanol–water partition coefficient (Wildman–Crippen LogP) is 2.63. The van der Waals surface area contributed by atoms with Crippen molar-refractivity contribution in [3.05, 3.63) is 71.8 Å². The van der Waals surface area contributed by atoms with Gasteiger partial charge in [0.15, 0.2) is 0 Å². The highest BCUT2D eigenvalue weighted by Gasteiger charge is 2.19. The normalized spacial score (nSPS) is 13.1. The fourth-order valence-corrected chi connectivity index (χ4v) is 2.86. The van der Waals surface area contributed by atoms with E-state index in [1.807, 2.05) is 73.6 Å². The summed E-state index contributed by atoms with van der Waals surface area (Å²) in [6.07, 6.45) is 3.14. The SMILES string of the molecule is COc1cccc([C@@H](CNC(=O)[C@H](C)NC(=O)/C=C/c2ccccc2)N(C)C)c1. The molecule has 2 aromatic rings. The smallest absolute Gasteiger partial charge is 0.244 e. The fraction of sp³-hybridized carbons (Fsp3) is 0.304. The number of nitrogens with zero attached hydrogens (tertiary/aromatic N) is 1. The molecule has 2 atom stereocenters. The van der Waals surface area contributed by atoms with Crippen LogP contribution in [0.4, 0.5) is 0 Å². The Bertz CT molecular complexity index is 834. The van der Waals surface area contributed by atoms with Gasteiger partial charge in [-0.2, -0.15) is 0 Å². The van der Waals surface area contributed by atoms with Gasteiger partial charge in [0.1, 0.15) is 11.8 Å². The second-order valence-corrected chi connectivity index (χ2v) is 6.98. The summed E-state index contributed by atoms with van der Waals surface area (Å²) < 4.78 is 5.29. The van der Waals surface area contributed by atoms with Gasteiger partial charge in [0.2, 0.25) is 11.8 Å². The summed E-state index contributed by atoms with van der Waals surface area (Å²) >= 11 is 0. The zero-order valence-electron chi connectivity index (χ0n) is 17.4. The van der Waals surface area contributed by atoms with E-state index in [9.17, 15) is 9.59 Å². The van der Waals surface area contributed by atoms with E-state index >= 15 is 0 Å². The molecule has 0 radical (unpaired) electrons. The zero-order valence-corrected chi connectivity index (χ0v) is 17.4. The maximum Gasteiger partial charge on any atom is 0.244 e. The lowest BCUT2D eigenvalue weighted by atomic mass is 10.1. The van der Waals surface area contributed by atoms with Gasteiger partial charge in [0.05, 0.1) is 13.2 Å². The molecular formula is C23H29N3O3. The van der Waals surface area contributed by atoms with E-state index in [0.717, 1.165) is 16.9 Å². The van der Waals surface area contributed by atoms with E-state index in [2.05, 4.69) is 10.6 Å². The van der Waals surface area contributed by atoms with Crippen LogP contribution in [0.25, 0.3) is 6.08 Å². The molecule has 0 aliphatic rings. The number of amides is 2. The number of likely N-dealkylation sites (N-methyl/N-ethyl adjacent to an activating group) is 1. The Balaban J connectivity index is 1.90. The van der Waals surface area contributed by atoms with E-state index in [4.69, 9.17) is 4.74 Å². The number of hydrogen-bond acceptors (Lipinski definition) is 4. The highest BCUT2D eigenvalue weighted by atomic mass is 16.5. The fourth-order valence-electron chi connectivity index (χ4n) is 2.86. The Morgan fingerprint density at radius 3 is 2.48 bits per heavy atom. The number of ether oxygens (including phenoxy) is 1. The molecule has 2 amide bonds. The Kier molecular flexibility index (Phi) is 8.43. The maximum atomic E-state index is 12.4. The summed E-state index contributed by atoms with van der Waals surface area (Å²) in [5.41, 5.74) is 1.96. The summed E-state index contributed by atoms with van der Waals surface area (Å²) in [4.78, 5) is 26.5. The van der Waals surface area contributed by atoms with E-state index in [1.54, 1.807) is 20.1 Å². The second kappa shape index (κ2) is 11.0.